The van der Waals surface area contributed by atoms with Gasteiger partial charge in [-0.2, -0.15) is 0 Å². The van der Waals surface area contributed by atoms with Crippen molar-refractivity contribution in [3.05, 3.63) is 50.4 Å². The Morgan fingerprint density at radius 2 is 1.88 bits per heavy atom. The van der Waals surface area contributed by atoms with Gasteiger partial charge >= 0.3 is 0 Å². The Morgan fingerprint density at radius 1 is 1.12 bits per heavy atom. The number of hydrogen-bond acceptors (Lipinski definition) is 3. The topological polar surface area (TPSA) is 30.5 Å². The molecule has 0 aliphatic carbocycles. The molecule has 3 nitrogen and oxygen atoms in total. The van der Waals surface area contributed by atoms with Crippen LogP contribution in [-0.2, 0) is 6.54 Å². The molecular formula is C18H20BrCl2NO2. The van der Waals surface area contributed by atoms with Gasteiger partial charge in [-0.25, -0.2) is 0 Å². The second-order valence-electron chi connectivity index (χ2n) is 5.49. The summed E-state index contributed by atoms with van der Waals surface area (Å²) in [6, 6.07) is 9.47. The van der Waals surface area contributed by atoms with Gasteiger partial charge in [-0.3, -0.25) is 0 Å². The van der Waals surface area contributed by atoms with Crippen LogP contribution in [0.15, 0.2) is 34.8 Å². The zero-order valence-electron chi connectivity index (χ0n) is 13.8. The maximum absolute atomic E-state index is 6.04. The van der Waals surface area contributed by atoms with E-state index < -0.39 is 0 Å². The van der Waals surface area contributed by atoms with E-state index in [4.69, 9.17) is 32.7 Å². The van der Waals surface area contributed by atoms with Crippen LogP contribution in [0.3, 0.4) is 0 Å². The fraction of sp³-hybridized carbons (Fsp3) is 0.333. The van der Waals surface area contributed by atoms with Crippen molar-refractivity contribution in [1.29, 1.82) is 0 Å². The molecular weight excluding hydrogens is 413 g/mol. The summed E-state index contributed by atoms with van der Waals surface area (Å²) in [7, 11) is 0. The molecule has 0 spiro atoms. The minimum Gasteiger partial charge on any atom is -0.490 e. The number of ether oxygens (including phenoxy) is 2. The van der Waals surface area contributed by atoms with Gasteiger partial charge in [0.25, 0.3) is 0 Å². The molecule has 130 valence electrons. The normalized spacial score (nSPS) is 10.8. The molecule has 0 saturated heterocycles. The highest BCUT2D eigenvalue weighted by Gasteiger charge is 2.13. The molecule has 0 atom stereocenters. The van der Waals surface area contributed by atoms with E-state index in [1.165, 1.54) is 0 Å². The molecule has 0 amide bonds. The van der Waals surface area contributed by atoms with E-state index in [9.17, 15) is 0 Å². The summed E-state index contributed by atoms with van der Waals surface area (Å²) < 4.78 is 12.4. The van der Waals surface area contributed by atoms with Crippen LogP contribution in [-0.4, -0.2) is 12.7 Å². The smallest absolute Gasteiger partial charge is 0.175 e. The van der Waals surface area contributed by atoms with Crippen molar-refractivity contribution in [2.24, 2.45) is 0 Å². The molecule has 1 N–H and O–H groups in total. The summed E-state index contributed by atoms with van der Waals surface area (Å²) in [5.74, 6) is 1.46. The second kappa shape index (κ2) is 8.84. The number of benzene rings is 2. The van der Waals surface area contributed by atoms with Gasteiger partial charge in [-0.05, 0) is 72.6 Å². The summed E-state index contributed by atoms with van der Waals surface area (Å²) in [6.45, 7) is 7.13. The highest BCUT2D eigenvalue weighted by Crippen LogP contribution is 2.38. The summed E-state index contributed by atoms with van der Waals surface area (Å²) in [4.78, 5) is 0. The van der Waals surface area contributed by atoms with Crippen molar-refractivity contribution >= 4 is 44.8 Å². The SMILES string of the molecule is CCOc1cc(CNc2ccc(Cl)c(Cl)c2)cc(Br)c1OC(C)C. The van der Waals surface area contributed by atoms with E-state index in [2.05, 4.69) is 21.2 Å². The van der Waals surface area contributed by atoms with E-state index in [-0.39, 0.29) is 6.10 Å². The lowest BCUT2D eigenvalue weighted by Crippen LogP contribution is -2.09. The van der Waals surface area contributed by atoms with Crippen molar-refractivity contribution in [2.75, 3.05) is 11.9 Å². The molecule has 0 heterocycles. The van der Waals surface area contributed by atoms with Gasteiger partial charge in [0.15, 0.2) is 11.5 Å². The predicted octanol–water partition coefficient (Wildman–Crippen LogP) is 6.55. The fourth-order valence-electron chi connectivity index (χ4n) is 2.15. The summed E-state index contributed by atoms with van der Waals surface area (Å²) in [5.41, 5.74) is 1.97. The quantitative estimate of drug-likeness (QED) is 0.537. The van der Waals surface area contributed by atoms with Gasteiger partial charge in [-0.1, -0.05) is 23.2 Å². The Balaban J connectivity index is 2.19. The third kappa shape index (κ3) is 5.20. The predicted molar refractivity (Wildman–Crippen MR) is 105 cm³/mol. The lowest BCUT2D eigenvalue weighted by Gasteiger charge is -2.18. The first-order valence-electron chi connectivity index (χ1n) is 7.71. The van der Waals surface area contributed by atoms with E-state index in [1.54, 1.807) is 12.1 Å². The van der Waals surface area contributed by atoms with Crippen LogP contribution >= 0.6 is 39.1 Å². The molecule has 0 aliphatic rings. The van der Waals surface area contributed by atoms with Crippen LogP contribution in [0.25, 0.3) is 0 Å². The molecule has 0 fully saturated rings. The number of rotatable bonds is 7. The monoisotopic (exact) mass is 431 g/mol. The first kappa shape index (κ1) is 19.2. The Morgan fingerprint density at radius 3 is 2.50 bits per heavy atom. The van der Waals surface area contributed by atoms with Crippen molar-refractivity contribution in [3.63, 3.8) is 0 Å². The molecule has 0 radical (unpaired) electrons. The Kier molecular flexibility index (Phi) is 7.08. The van der Waals surface area contributed by atoms with Crippen LogP contribution < -0.4 is 14.8 Å². The largest absolute Gasteiger partial charge is 0.490 e. The lowest BCUT2D eigenvalue weighted by molar-refractivity contribution is 0.222. The summed E-state index contributed by atoms with van der Waals surface area (Å²) in [6.07, 6.45) is 0.0701. The summed E-state index contributed by atoms with van der Waals surface area (Å²) in [5, 5.41) is 4.39. The molecule has 0 unspecified atom stereocenters. The van der Waals surface area contributed by atoms with Crippen molar-refractivity contribution in [3.8, 4) is 11.5 Å². The minimum atomic E-state index is 0.0701. The summed E-state index contributed by atoms with van der Waals surface area (Å²) >= 11 is 15.5. The standard InChI is InChI=1S/C18H20BrCl2NO2/c1-4-23-17-8-12(7-14(19)18(17)24-11(2)3)10-22-13-5-6-15(20)16(21)9-13/h5-9,11,22H,4,10H2,1-3H3. The number of anilines is 1. The first-order chi connectivity index (χ1) is 11.4. The van der Waals surface area contributed by atoms with Gasteiger partial charge in [0.05, 0.1) is 27.2 Å². The molecule has 2 aromatic rings. The third-order valence-corrected chi connectivity index (χ3v) is 4.47. The van der Waals surface area contributed by atoms with E-state index >= 15 is 0 Å². The second-order valence-corrected chi connectivity index (χ2v) is 7.16. The first-order valence-corrected chi connectivity index (χ1v) is 9.26. The fourth-order valence-corrected chi connectivity index (χ4v) is 3.03. The Labute approximate surface area is 161 Å². The van der Waals surface area contributed by atoms with Gasteiger partial charge in [0.2, 0.25) is 0 Å². The molecule has 24 heavy (non-hydrogen) atoms. The van der Waals surface area contributed by atoms with Crippen molar-refractivity contribution < 1.29 is 9.47 Å². The number of nitrogens with one attached hydrogen (secondary N) is 1. The van der Waals surface area contributed by atoms with E-state index in [1.807, 2.05) is 39.0 Å². The Hall–Kier alpha value is -1.10. The molecule has 0 aliphatic heterocycles. The van der Waals surface area contributed by atoms with Gasteiger partial charge in [-0.15, -0.1) is 0 Å². The number of hydrogen-bond donors (Lipinski definition) is 1. The molecule has 0 aromatic heterocycles. The minimum absolute atomic E-state index is 0.0701. The van der Waals surface area contributed by atoms with E-state index in [0.717, 1.165) is 27.2 Å². The van der Waals surface area contributed by atoms with Crippen molar-refractivity contribution in [1.82, 2.24) is 0 Å². The average Bonchev–Trinajstić information content (AvgIpc) is 2.52. The molecule has 6 heteroatoms. The molecule has 2 aromatic carbocycles. The van der Waals surface area contributed by atoms with Crippen LogP contribution in [0.2, 0.25) is 10.0 Å². The zero-order chi connectivity index (χ0) is 17.7. The van der Waals surface area contributed by atoms with Gasteiger partial charge < -0.3 is 14.8 Å². The zero-order valence-corrected chi connectivity index (χ0v) is 16.9. The molecule has 2 rings (SSSR count). The van der Waals surface area contributed by atoms with E-state index in [0.29, 0.717) is 23.2 Å². The lowest BCUT2D eigenvalue weighted by atomic mass is 10.2. The van der Waals surface area contributed by atoms with Crippen LogP contribution in [0.4, 0.5) is 5.69 Å². The highest BCUT2D eigenvalue weighted by molar-refractivity contribution is 9.10. The highest BCUT2D eigenvalue weighted by atomic mass is 79.9. The van der Waals surface area contributed by atoms with Crippen molar-refractivity contribution in [2.45, 2.75) is 33.4 Å². The third-order valence-electron chi connectivity index (χ3n) is 3.14. The van der Waals surface area contributed by atoms with Crippen LogP contribution in [0.5, 0.6) is 11.5 Å². The molecule has 0 saturated carbocycles. The molecule has 0 bridgehead atoms. The van der Waals surface area contributed by atoms with Gasteiger partial charge in [0.1, 0.15) is 0 Å². The van der Waals surface area contributed by atoms with Crippen LogP contribution in [0, 0.1) is 0 Å². The number of halogens is 3. The Bertz CT molecular complexity index is 708. The van der Waals surface area contributed by atoms with Gasteiger partial charge in [0, 0.05) is 12.2 Å². The maximum Gasteiger partial charge on any atom is 0.175 e. The van der Waals surface area contributed by atoms with Crippen LogP contribution in [0.1, 0.15) is 26.3 Å². The maximum atomic E-state index is 6.04. The average molecular weight is 433 g/mol.